The molecule has 2 aromatic rings. The molecule has 0 spiro atoms. The van der Waals surface area contributed by atoms with E-state index in [1.807, 2.05) is 27.7 Å². The normalized spacial score (nSPS) is 10.1. The van der Waals surface area contributed by atoms with Crippen molar-refractivity contribution in [2.75, 3.05) is 13.2 Å². The smallest absolute Gasteiger partial charge is 0.338 e. The second-order valence-corrected chi connectivity index (χ2v) is 7.41. The van der Waals surface area contributed by atoms with Crippen LogP contribution in [0.1, 0.15) is 64.3 Å². The van der Waals surface area contributed by atoms with E-state index in [0.29, 0.717) is 0 Å². The molecule has 6 nitrogen and oxygen atoms in total. The van der Waals surface area contributed by atoms with Crippen LogP contribution < -0.4 is 0 Å². The van der Waals surface area contributed by atoms with Crippen molar-refractivity contribution in [1.29, 1.82) is 0 Å². The highest BCUT2D eigenvalue weighted by atomic mass is 16.5. The quantitative estimate of drug-likeness (QED) is 0.371. The summed E-state index contributed by atoms with van der Waals surface area (Å²) in [7, 11) is 0. The van der Waals surface area contributed by atoms with Gasteiger partial charge in [0.05, 0.1) is 16.7 Å². The lowest BCUT2D eigenvalue weighted by Crippen LogP contribution is -2.13. The Hall–Kier alpha value is -3.67. The molecule has 6 heteroatoms. The van der Waals surface area contributed by atoms with Crippen molar-refractivity contribution >= 4 is 17.7 Å². The van der Waals surface area contributed by atoms with Gasteiger partial charge in [-0.05, 0) is 70.2 Å². The maximum absolute atomic E-state index is 12.9. The van der Waals surface area contributed by atoms with E-state index in [-0.39, 0.29) is 41.2 Å². The molecular weight excluding hydrogens is 396 g/mol. The number of para-hydroxylation sites is 1. The van der Waals surface area contributed by atoms with Crippen molar-refractivity contribution < 1.29 is 29.0 Å². The second kappa shape index (κ2) is 10.9. The number of hydrogen-bond acceptors (Lipinski definition) is 6. The van der Waals surface area contributed by atoms with E-state index in [1.54, 1.807) is 24.3 Å². The van der Waals surface area contributed by atoms with Gasteiger partial charge in [0, 0.05) is 5.56 Å². The molecule has 2 aromatic carbocycles. The van der Waals surface area contributed by atoms with E-state index in [4.69, 9.17) is 9.47 Å². The van der Waals surface area contributed by atoms with Crippen LogP contribution in [0.25, 0.3) is 0 Å². The molecule has 1 N–H and O–H groups in total. The summed E-state index contributed by atoms with van der Waals surface area (Å²) in [6, 6.07) is 10.1. The SMILES string of the molecule is CC(C)=CCOC(=O)c1cc(C(=O)OCC=C(C)C)cc(C(=O)c2ccccc2O)c1. The van der Waals surface area contributed by atoms with Crippen LogP contribution in [0.5, 0.6) is 5.75 Å². The van der Waals surface area contributed by atoms with E-state index in [0.717, 1.165) is 11.1 Å². The second-order valence-electron chi connectivity index (χ2n) is 7.41. The fourth-order valence-electron chi connectivity index (χ4n) is 2.55. The van der Waals surface area contributed by atoms with Gasteiger partial charge in [0.2, 0.25) is 0 Å². The summed E-state index contributed by atoms with van der Waals surface area (Å²) in [5.41, 5.74) is 2.17. The molecule has 0 aliphatic carbocycles. The monoisotopic (exact) mass is 422 g/mol. The van der Waals surface area contributed by atoms with Crippen LogP contribution in [-0.2, 0) is 9.47 Å². The van der Waals surface area contributed by atoms with Gasteiger partial charge >= 0.3 is 11.9 Å². The highest BCUT2D eigenvalue weighted by molar-refractivity contribution is 6.12. The van der Waals surface area contributed by atoms with Gasteiger partial charge in [0.1, 0.15) is 19.0 Å². The summed E-state index contributed by atoms with van der Waals surface area (Å²) < 4.78 is 10.4. The molecule has 0 fully saturated rings. The first-order valence-corrected chi connectivity index (χ1v) is 9.77. The molecule has 162 valence electrons. The number of phenolic OH excluding ortho intramolecular Hbond substituents is 1. The third-order valence-corrected chi connectivity index (χ3v) is 4.23. The lowest BCUT2D eigenvalue weighted by molar-refractivity contribution is 0.0547. The zero-order valence-corrected chi connectivity index (χ0v) is 18.1. The van der Waals surface area contributed by atoms with Gasteiger partial charge in [-0.15, -0.1) is 0 Å². The predicted octanol–water partition coefficient (Wildman–Crippen LogP) is 4.87. The topological polar surface area (TPSA) is 89.9 Å². The largest absolute Gasteiger partial charge is 0.507 e. The molecule has 0 amide bonds. The number of esters is 2. The summed E-state index contributed by atoms with van der Waals surface area (Å²) in [5, 5.41) is 10.0. The fourth-order valence-corrected chi connectivity index (χ4v) is 2.55. The highest BCUT2D eigenvalue weighted by Crippen LogP contribution is 2.22. The lowest BCUT2D eigenvalue weighted by atomic mass is 9.98. The number of rotatable bonds is 8. The molecular formula is C25H26O6. The molecule has 31 heavy (non-hydrogen) atoms. The van der Waals surface area contributed by atoms with E-state index in [9.17, 15) is 19.5 Å². The minimum Gasteiger partial charge on any atom is -0.507 e. The molecule has 0 atom stereocenters. The number of ether oxygens (including phenoxy) is 2. The Morgan fingerprint density at radius 2 is 1.23 bits per heavy atom. The summed E-state index contributed by atoms with van der Waals surface area (Å²) in [4.78, 5) is 38.0. The van der Waals surface area contributed by atoms with Gasteiger partial charge in [-0.2, -0.15) is 0 Å². The van der Waals surface area contributed by atoms with E-state index >= 15 is 0 Å². The molecule has 0 radical (unpaired) electrons. The standard InChI is InChI=1S/C25H26O6/c1-16(2)9-11-30-24(28)19-13-18(23(27)21-7-5-6-8-22(21)26)14-20(15-19)25(29)31-12-10-17(3)4/h5-10,13-15,26H,11-12H2,1-4H3. The molecule has 0 aliphatic rings. The molecule has 2 rings (SSSR count). The van der Waals surface area contributed by atoms with Crippen molar-refractivity contribution in [2.45, 2.75) is 27.7 Å². The van der Waals surface area contributed by atoms with Gasteiger partial charge < -0.3 is 14.6 Å². The van der Waals surface area contributed by atoms with E-state index < -0.39 is 17.7 Å². The van der Waals surface area contributed by atoms with E-state index in [2.05, 4.69) is 0 Å². The fraction of sp³-hybridized carbons (Fsp3) is 0.240. The Kier molecular flexibility index (Phi) is 8.32. The number of hydrogen-bond donors (Lipinski definition) is 1. The summed E-state index contributed by atoms with van der Waals surface area (Å²) >= 11 is 0. The predicted molar refractivity (Wildman–Crippen MR) is 117 cm³/mol. The summed E-state index contributed by atoms with van der Waals surface area (Å²) in [6.07, 6.45) is 3.48. The van der Waals surface area contributed by atoms with Gasteiger partial charge in [-0.3, -0.25) is 4.79 Å². The number of carbonyl (C=O) groups excluding carboxylic acids is 3. The van der Waals surface area contributed by atoms with Crippen LogP contribution in [0.2, 0.25) is 0 Å². The molecule has 0 aliphatic heterocycles. The van der Waals surface area contributed by atoms with Gasteiger partial charge in [-0.25, -0.2) is 9.59 Å². The van der Waals surface area contributed by atoms with Gasteiger partial charge in [0.25, 0.3) is 0 Å². The van der Waals surface area contributed by atoms with Crippen molar-refractivity contribution in [3.63, 3.8) is 0 Å². The molecule has 0 unspecified atom stereocenters. The zero-order chi connectivity index (χ0) is 23.0. The van der Waals surface area contributed by atoms with Crippen LogP contribution in [0.4, 0.5) is 0 Å². The number of allylic oxidation sites excluding steroid dienone is 2. The van der Waals surface area contributed by atoms with Gasteiger partial charge in [-0.1, -0.05) is 23.3 Å². The Bertz CT molecular complexity index is 985. The first kappa shape index (κ1) is 23.6. The number of carbonyl (C=O) groups is 3. The summed E-state index contributed by atoms with van der Waals surface area (Å²) in [5.74, 6) is -2.09. The van der Waals surface area contributed by atoms with Crippen LogP contribution in [0, 0.1) is 0 Å². The lowest BCUT2D eigenvalue weighted by Gasteiger charge is -2.10. The third kappa shape index (κ3) is 6.96. The number of benzene rings is 2. The minimum absolute atomic E-state index is 0.0394. The maximum Gasteiger partial charge on any atom is 0.338 e. The molecule has 0 saturated heterocycles. The molecule has 0 bridgehead atoms. The number of aromatic hydroxyl groups is 1. The average Bonchev–Trinajstić information content (AvgIpc) is 2.72. The third-order valence-electron chi connectivity index (χ3n) is 4.23. The Labute approximate surface area is 181 Å². The van der Waals surface area contributed by atoms with Crippen molar-refractivity contribution in [3.8, 4) is 5.75 Å². The van der Waals surface area contributed by atoms with Crippen molar-refractivity contribution in [2.24, 2.45) is 0 Å². The van der Waals surface area contributed by atoms with Gasteiger partial charge in [0.15, 0.2) is 5.78 Å². The highest BCUT2D eigenvalue weighted by Gasteiger charge is 2.20. The first-order valence-electron chi connectivity index (χ1n) is 9.77. The Morgan fingerprint density at radius 1 is 0.774 bits per heavy atom. The van der Waals surface area contributed by atoms with Crippen molar-refractivity contribution in [3.05, 3.63) is 88.0 Å². The van der Waals surface area contributed by atoms with E-state index in [1.165, 1.54) is 30.3 Å². The first-order chi connectivity index (χ1) is 14.7. The molecule has 0 aromatic heterocycles. The molecule has 0 saturated carbocycles. The average molecular weight is 422 g/mol. The maximum atomic E-state index is 12.9. The Morgan fingerprint density at radius 3 is 1.68 bits per heavy atom. The van der Waals surface area contributed by atoms with Crippen LogP contribution >= 0.6 is 0 Å². The van der Waals surface area contributed by atoms with Crippen molar-refractivity contribution in [1.82, 2.24) is 0 Å². The van der Waals surface area contributed by atoms with Crippen LogP contribution in [-0.4, -0.2) is 36.0 Å². The number of ketones is 1. The Balaban J connectivity index is 2.41. The molecule has 0 heterocycles. The number of phenols is 1. The zero-order valence-electron chi connectivity index (χ0n) is 18.1. The summed E-state index contributed by atoms with van der Waals surface area (Å²) in [6.45, 7) is 7.64. The minimum atomic E-state index is -0.678. The van der Waals surface area contributed by atoms with Crippen LogP contribution in [0.15, 0.2) is 65.8 Å². The van der Waals surface area contributed by atoms with Crippen LogP contribution in [0.3, 0.4) is 0 Å².